The van der Waals surface area contributed by atoms with Crippen molar-refractivity contribution in [2.45, 2.75) is 14.4 Å². The summed E-state index contributed by atoms with van der Waals surface area (Å²) in [7, 11) is 0. The van der Waals surface area contributed by atoms with Gasteiger partial charge in [-0.25, -0.2) is 5.43 Å². The molecular weight excluding hydrogens is 452 g/mol. The molecule has 0 atom stereocenters. The largest absolute Gasteiger partial charge is 0.508 e. The smallest absolute Gasteiger partial charge is 0.250 e. The van der Waals surface area contributed by atoms with E-state index < -0.39 is 0 Å². The van der Waals surface area contributed by atoms with Crippen LogP contribution in [0.4, 0.5) is 0 Å². The fourth-order valence-corrected chi connectivity index (χ4v) is 4.91. The van der Waals surface area contributed by atoms with E-state index in [0.29, 0.717) is 14.9 Å². The molecule has 0 aliphatic rings. The summed E-state index contributed by atoms with van der Waals surface area (Å²) < 4.78 is 1.52. The van der Waals surface area contributed by atoms with E-state index in [1.165, 1.54) is 47.5 Å². The molecule has 0 saturated carbocycles. The van der Waals surface area contributed by atoms with Crippen molar-refractivity contribution in [3.63, 3.8) is 0 Å². The van der Waals surface area contributed by atoms with E-state index in [-0.39, 0.29) is 23.2 Å². The number of hydrazone groups is 1. The van der Waals surface area contributed by atoms with Crippen molar-refractivity contribution in [3.8, 4) is 11.5 Å². The van der Waals surface area contributed by atoms with Gasteiger partial charge in [-0.3, -0.25) is 4.79 Å². The Morgan fingerprint density at radius 1 is 1.14 bits per heavy atom. The lowest BCUT2D eigenvalue weighted by Gasteiger charge is -2.00. The Hall–Kier alpha value is -2.27. The highest BCUT2D eigenvalue weighted by Gasteiger charge is 2.09. The molecule has 0 fully saturated rings. The van der Waals surface area contributed by atoms with Crippen LogP contribution in [-0.2, 0) is 10.5 Å². The van der Waals surface area contributed by atoms with Crippen molar-refractivity contribution in [3.05, 3.63) is 58.6 Å². The summed E-state index contributed by atoms with van der Waals surface area (Å²) in [6, 6.07) is 11.7. The number of aromatic nitrogens is 2. The zero-order valence-corrected chi connectivity index (χ0v) is 18.0. The molecule has 3 aromatic rings. The van der Waals surface area contributed by atoms with Crippen LogP contribution in [0.5, 0.6) is 11.5 Å². The summed E-state index contributed by atoms with van der Waals surface area (Å²) >= 11 is 10.1. The van der Waals surface area contributed by atoms with E-state index in [1.54, 1.807) is 11.8 Å². The van der Waals surface area contributed by atoms with E-state index in [9.17, 15) is 15.0 Å². The van der Waals surface area contributed by atoms with Crippen LogP contribution in [0.25, 0.3) is 0 Å². The lowest BCUT2D eigenvalue weighted by atomic mass is 10.2. The molecule has 1 amide bonds. The first-order valence-corrected chi connectivity index (χ1v) is 11.3. The monoisotopic (exact) mass is 466 g/mol. The number of amides is 1. The summed E-state index contributed by atoms with van der Waals surface area (Å²) in [5.74, 6) is 0.401. The highest BCUT2D eigenvalue weighted by Crippen LogP contribution is 2.30. The molecule has 0 bridgehead atoms. The topological polar surface area (TPSA) is 108 Å². The maximum Gasteiger partial charge on any atom is 0.250 e. The molecule has 11 heteroatoms. The summed E-state index contributed by atoms with van der Waals surface area (Å²) in [5.41, 5.74) is 3.89. The number of phenols is 2. The highest BCUT2D eigenvalue weighted by atomic mass is 35.5. The van der Waals surface area contributed by atoms with Crippen molar-refractivity contribution < 1.29 is 15.0 Å². The number of rotatable bonds is 8. The fourth-order valence-electron chi connectivity index (χ4n) is 2.01. The van der Waals surface area contributed by atoms with Crippen LogP contribution in [0.3, 0.4) is 0 Å². The highest BCUT2D eigenvalue weighted by molar-refractivity contribution is 8.03. The van der Waals surface area contributed by atoms with E-state index in [4.69, 9.17) is 11.6 Å². The predicted octanol–water partition coefficient (Wildman–Crippen LogP) is 4.14. The number of aromatic hydroxyl groups is 2. The standard InChI is InChI=1S/C18H15ClN4O3S3/c19-13-4-1-11(2-5-13)9-27-17-22-23-18(29-17)28-10-16(26)21-20-8-12-3-6-14(24)7-15(12)25/h1-8,24-25H,9-10H2,(H,21,26)/b20-8-. The van der Waals surface area contributed by atoms with E-state index in [0.717, 1.165) is 15.7 Å². The van der Waals surface area contributed by atoms with E-state index in [2.05, 4.69) is 20.7 Å². The number of nitrogens with zero attached hydrogens (tertiary/aromatic N) is 3. The van der Waals surface area contributed by atoms with Gasteiger partial charge in [0.25, 0.3) is 5.91 Å². The fraction of sp³-hybridized carbons (Fsp3) is 0.111. The van der Waals surface area contributed by atoms with Crippen LogP contribution in [0.2, 0.25) is 5.02 Å². The summed E-state index contributed by atoms with van der Waals surface area (Å²) in [6.45, 7) is 0. The molecule has 29 heavy (non-hydrogen) atoms. The number of benzene rings is 2. The van der Waals surface area contributed by atoms with Gasteiger partial charge in [0.15, 0.2) is 8.68 Å². The van der Waals surface area contributed by atoms with Gasteiger partial charge in [0, 0.05) is 22.4 Å². The predicted molar refractivity (Wildman–Crippen MR) is 117 cm³/mol. The number of carbonyl (C=O) groups excluding carboxylic acids is 1. The second-order valence-corrected chi connectivity index (χ2v) is 9.43. The average molecular weight is 467 g/mol. The normalized spacial score (nSPS) is 11.1. The van der Waals surface area contributed by atoms with Crippen molar-refractivity contribution in [1.29, 1.82) is 0 Å². The maximum absolute atomic E-state index is 11.9. The van der Waals surface area contributed by atoms with Gasteiger partial charge in [-0.1, -0.05) is 58.6 Å². The van der Waals surface area contributed by atoms with Gasteiger partial charge in [-0.2, -0.15) is 5.10 Å². The van der Waals surface area contributed by atoms with Gasteiger partial charge < -0.3 is 10.2 Å². The first kappa shape index (κ1) is 21.4. The molecule has 0 radical (unpaired) electrons. The Morgan fingerprint density at radius 2 is 1.86 bits per heavy atom. The number of hydrogen-bond acceptors (Lipinski definition) is 9. The first-order chi connectivity index (χ1) is 14.0. The number of hydrogen-bond donors (Lipinski definition) is 3. The van der Waals surface area contributed by atoms with Gasteiger partial charge in [0.1, 0.15) is 11.5 Å². The third-order valence-electron chi connectivity index (χ3n) is 3.40. The van der Waals surface area contributed by atoms with Crippen LogP contribution in [-0.4, -0.2) is 38.3 Å². The molecular formula is C18H15ClN4O3S3. The quantitative estimate of drug-likeness (QED) is 0.260. The molecule has 0 saturated heterocycles. The molecule has 0 unspecified atom stereocenters. The van der Waals surface area contributed by atoms with Crippen LogP contribution >= 0.6 is 46.5 Å². The van der Waals surface area contributed by atoms with Gasteiger partial charge in [0.05, 0.1) is 12.0 Å². The Balaban J connectivity index is 1.42. The molecule has 1 aromatic heterocycles. The Kier molecular flexibility index (Phi) is 7.76. The SMILES string of the molecule is O=C(CSc1nnc(SCc2ccc(Cl)cc2)s1)N/N=C\c1ccc(O)cc1O. The molecule has 2 aromatic carbocycles. The van der Waals surface area contributed by atoms with Crippen LogP contribution in [0, 0.1) is 0 Å². The third kappa shape index (κ3) is 6.93. The van der Waals surface area contributed by atoms with Crippen LogP contribution in [0.15, 0.2) is 56.2 Å². The van der Waals surface area contributed by atoms with Gasteiger partial charge >= 0.3 is 0 Å². The van der Waals surface area contributed by atoms with Crippen molar-refractivity contribution in [2.24, 2.45) is 5.10 Å². The van der Waals surface area contributed by atoms with Crippen molar-refractivity contribution >= 4 is 58.6 Å². The Morgan fingerprint density at radius 3 is 2.59 bits per heavy atom. The van der Waals surface area contributed by atoms with Gasteiger partial charge in [-0.05, 0) is 29.8 Å². The zero-order chi connectivity index (χ0) is 20.6. The molecule has 7 nitrogen and oxygen atoms in total. The summed E-state index contributed by atoms with van der Waals surface area (Å²) in [6.07, 6.45) is 1.30. The minimum atomic E-state index is -0.310. The maximum atomic E-state index is 11.9. The van der Waals surface area contributed by atoms with E-state index in [1.807, 2.05) is 24.3 Å². The molecule has 1 heterocycles. The van der Waals surface area contributed by atoms with Crippen LogP contribution < -0.4 is 5.43 Å². The lowest BCUT2D eigenvalue weighted by Crippen LogP contribution is -2.19. The minimum absolute atomic E-state index is 0.0529. The average Bonchev–Trinajstić information content (AvgIpc) is 3.15. The minimum Gasteiger partial charge on any atom is -0.508 e. The number of halogens is 1. The molecule has 3 N–H and O–H groups in total. The van der Waals surface area contributed by atoms with Crippen molar-refractivity contribution in [2.75, 3.05) is 5.75 Å². The number of thioether (sulfide) groups is 2. The van der Waals surface area contributed by atoms with Gasteiger partial charge in [-0.15, -0.1) is 10.2 Å². The summed E-state index contributed by atoms with van der Waals surface area (Å²) in [4.78, 5) is 11.9. The number of carbonyl (C=O) groups is 1. The zero-order valence-electron chi connectivity index (χ0n) is 14.8. The summed E-state index contributed by atoms with van der Waals surface area (Å²) in [5, 5.41) is 31.6. The number of nitrogens with one attached hydrogen (secondary N) is 1. The third-order valence-corrected chi connectivity index (χ3v) is 6.91. The molecule has 0 aliphatic carbocycles. The second-order valence-electron chi connectivity index (χ2n) is 5.57. The van der Waals surface area contributed by atoms with E-state index >= 15 is 0 Å². The molecule has 0 spiro atoms. The molecule has 0 aliphatic heterocycles. The van der Waals surface area contributed by atoms with Crippen LogP contribution in [0.1, 0.15) is 11.1 Å². The Labute approximate surface area is 184 Å². The Bertz CT molecular complexity index is 1010. The lowest BCUT2D eigenvalue weighted by molar-refractivity contribution is -0.118. The molecule has 3 rings (SSSR count). The second kappa shape index (κ2) is 10.5. The first-order valence-electron chi connectivity index (χ1n) is 8.17. The number of phenolic OH excluding ortho intramolecular Hbond substituents is 2. The van der Waals surface area contributed by atoms with Gasteiger partial charge in [0.2, 0.25) is 0 Å². The van der Waals surface area contributed by atoms with Crippen molar-refractivity contribution in [1.82, 2.24) is 15.6 Å². The molecule has 150 valence electrons.